The van der Waals surface area contributed by atoms with Crippen molar-refractivity contribution in [2.75, 3.05) is 32.7 Å². The van der Waals surface area contributed by atoms with Crippen LogP contribution in [0.25, 0.3) is 0 Å². The third-order valence-electron chi connectivity index (χ3n) is 3.13. The van der Waals surface area contributed by atoms with Gasteiger partial charge in [0.25, 0.3) is 0 Å². The Morgan fingerprint density at radius 3 is 2.67 bits per heavy atom. The number of alkyl halides is 3. The molecule has 7 heteroatoms. The van der Waals surface area contributed by atoms with Crippen molar-refractivity contribution in [2.24, 2.45) is 11.7 Å². The molecule has 1 atom stereocenters. The van der Waals surface area contributed by atoms with Gasteiger partial charge >= 0.3 is 12.1 Å². The zero-order valence-corrected chi connectivity index (χ0v) is 10.3. The average molecular weight is 267 g/mol. The number of likely N-dealkylation sites (tertiary alicyclic amines) is 1. The SMILES string of the molecule is NCCNCC1CCCN(C(=O)C(F)(F)F)CC1. The monoisotopic (exact) mass is 267 g/mol. The Morgan fingerprint density at radius 1 is 1.33 bits per heavy atom. The Morgan fingerprint density at radius 2 is 2.06 bits per heavy atom. The normalized spacial score (nSPS) is 21.8. The summed E-state index contributed by atoms with van der Waals surface area (Å²) in [4.78, 5) is 12.0. The predicted octanol–water partition coefficient (Wildman–Crippen LogP) is 0.726. The zero-order valence-electron chi connectivity index (χ0n) is 10.3. The molecule has 0 aromatic rings. The van der Waals surface area contributed by atoms with Crippen molar-refractivity contribution in [3.63, 3.8) is 0 Å². The third kappa shape index (κ3) is 4.81. The Balaban J connectivity index is 2.39. The Kier molecular flexibility index (Phi) is 5.87. The van der Waals surface area contributed by atoms with Gasteiger partial charge in [-0.1, -0.05) is 0 Å². The lowest BCUT2D eigenvalue weighted by Gasteiger charge is -2.21. The number of halogens is 3. The number of rotatable bonds is 4. The second kappa shape index (κ2) is 6.94. The van der Waals surface area contributed by atoms with E-state index in [1.165, 1.54) is 0 Å². The highest BCUT2D eigenvalue weighted by atomic mass is 19.4. The van der Waals surface area contributed by atoms with Crippen LogP contribution < -0.4 is 11.1 Å². The maximum Gasteiger partial charge on any atom is 0.471 e. The molecule has 0 aromatic heterocycles. The molecule has 0 radical (unpaired) electrons. The lowest BCUT2D eigenvalue weighted by atomic mass is 10.0. The summed E-state index contributed by atoms with van der Waals surface area (Å²) in [5.74, 6) is -1.39. The van der Waals surface area contributed by atoms with Gasteiger partial charge in [-0.25, -0.2) is 0 Å². The maximum absolute atomic E-state index is 12.3. The van der Waals surface area contributed by atoms with Crippen LogP contribution >= 0.6 is 0 Å². The van der Waals surface area contributed by atoms with Crippen molar-refractivity contribution < 1.29 is 18.0 Å². The number of nitrogens with one attached hydrogen (secondary N) is 1. The van der Waals surface area contributed by atoms with Crippen molar-refractivity contribution in [1.29, 1.82) is 0 Å². The molecule has 0 aliphatic carbocycles. The van der Waals surface area contributed by atoms with E-state index in [-0.39, 0.29) is 13.1 Å². The lowest BCUT2D eigenvalue weighted by molar-refractivity contribution is -0.185. The van der Waals surface area contributed by atoms with Crippen LogP contribution in [0.3, 0.4) is 0 Å². The minimum Gasteiger partial charge on any atom is -0.335 e. The summed E-state index contributed by atoms with van der Waals surface area (Å²) in [6.07, 6.45) is -2.67. The Labute approximate surface area is 105 Å². The molecule has 4 nitrogen and oxygen atoms in total. The average Bonchev–Trinajstić information content (AvgIpc) is 2.53. The van der Waals surface area contributed by atoms with E-state index >= 15 is 0 Å². The van der Waals surface area contributed by atoms with Crippen molar-refractivity contribution in [3.05, 3.63) is 0 Å². The first-order chi connectivity index (χ1) is 8.45. The first kappa shape index (κ1) is 15.2. The van der Waals surface area contributed by atoms with Crippen molar-refractivity contribution >= 4 is 5.91 Å². The zero-order chi connectivity index (χ0) is 13.6. The summed E-state index contributed by atoms with van der Waals surface area (Å²) in [6, 6.07) is 0. The molecular formula is C11H20F3N3O. The molecule has 106 valence electrons. The van der Waals surface area contributed by atoms with E-state index in [4.69, 9.17) is 5.73 Å². The quantitative estimate of drug-likeness (QED) is 0.738. The van der Waals surface area contributed by atoms with Crippen molar-refractivity contribution in [1.82, 2.24) is 10.2 Å². The topological polar surface area (TPSA) is 58.4 Å². The van der Waals surface area contributed by atoms with E-state index in [0.29, 0.717) is 31.8 Å². The first-order valence-corrected chi connectivity index (χ1v) is 6.22. The van der Waals surface area contributed by atoms with E-state index < -0.39 is 12.1 Å². The molecule has 0 saturated carbocycles. The molecule has 18 heavy (non-hydrogen) atoms. The number of nitrogens with two attached hydrogens (primary N) is 1. The fourth-order valence-corrected chi connectivity index (χ4v) is 2.16. The minimum absolute atomic E-state index is 0.188. The molecule has 0 spiro atoms. The predicted molar refractivity (Wildman–Crippen MR) is 61.9 cm³/mol. The number of hydrogen-bond acceptors (Lipinski definition) is 3. The molecule has 0 aromatic carbocycles. The summed E-state index contributed by atoms with van der Waals surface area (Å²) in [5, 5.41) is 3.16. The standard InChI is InChI=1S/C11H20F3N3O/c12-11(13,14)10(18)17-6-1-2-9(3-7-17)8-16-5-4-15/h9,16H,1-8,15H2. The molecule has 1 amide bonds. The Bertz CT molecular complexity index is 271. The second-order valence-corrected chi connectivity index (χ2v) is 4.58. The Hall–Kier alpha value is -0.820. The van der Waals surface area contributed by atoms with Gasteiger partial charge in [0.1, 0.15) is 0 Å². The van der Waals surface area contributed by atoms with E-state index in [0.717, 1.165) is 17.9 Å². The van der Waals surface area contributed by atoms with Crippen LogP contribution in [0.1, 0.15) is 19.3 Å². The van der Waals surface area contributed by atoms with Crippen LogP contribution in [0.2, 0.25) is 0 Å². The molecule has 0 bridgehead atoms. The highest BCUT2D eigenvalue weighted by Gasteiger charge is 2.42. The van der Waals surface area contributed by atoms with Crippen LogP contribution in [0.15, 0.2) is 0 Å². The van der Waals surface area contributed by atoms with Crippen molar-refractivity contribution in [2.45, 2.75) is 25.4 Å². The van der Waals surface area contributed by atoms with E-state index in [2.05, 4.69) is 5.32 Å². The number of hydrogen-bond donors (Lipinski definition) is 2. The summed E-state index contributed by atoms with van der Waals surface area (Å²) in [6.45, 7) is 2.40. The number of carbonyl (C=O) groups excluding carboxylic acids is 1. The summed E-state index contributed by atoms with van der Waals surface area (Å²) in [7, 11) is 0. The molecule has 1 rings (SSSR count). The molecule has 1 aliphatic rings. The van der Waals surface area contributed by atoms with Gasteiger partial charge in [-0.3, -0.25) is 4.79 Å². The molecule has 1 unspecified atom stereocenters. The number of nitrogens with zero attached hydrogens (tertiary/aromatic N) is 1. The van der Waals surface area contributed by atoms with Crippen LogP contribution in [0.4, 0.5) is 13.2 Å². The van der Waals surface area contributed by atoms with Gasteiger partial charge in [0, 0.05) is 26.2 Å². The summed E-state index contributed by atoms with van der Waals surface area (Å²) < 4.78 is 36.9. The second-order valence-electron chi connectivity index (χ2n) is 4.58. The molecule has 1 aliphatic heterocycles. The van der Waals surface area contributed by atoms with Gasteiger partial charge in [0.2, 0.25) is 0 Å². The van der Waals surface area contributed by atoms with Gasteiger partial charge in [0.15, 0.2) is 0 Å². The molecule has 1 fully saturated rings. The van der Waals surface area contributed by atoms with Crippen molar-refractivity contribution in [3.8, 4) is 0 Å². The van der Waals surface area contributed by atoms with Gasteiger partial charge in [-0.2, -0.15) is 13.2 Å². The minimum atomic E-state index is -4.75. The highest BCUT2D eigenvalue weighted by molar-refractivity contribution is 5.81. The number of amides is 1. The highest BCUT2D eigenvalue weighted by Crippen LogP contribution is 2.23. The fourth-order valence-electron chi connectivity index (χ4n) is 2.16. The maximum atomic E-state index is 12.3. The fraction of sp³-hybridized carbons (Fsp3) is 0.909. The van der Waals surface area contributed by atoms with E-state index in [1.807, 2.05) is 0 Å². The molecule has 1 heterocycles. The number of carbonyl (C=O) groups is 1. The third-order valence-corrected chi connectivity index (χ3v) is 3.13. The largest absolute Gasteiger partial charge is 0.471 e. The summed E-state index contributed by atoms with van der Waals surface area (Å²) in [5.41, 5.74) is 5.34. The van der Waals surface area contributed by atoms with E-state index in [9.17, 15) is 18.0 Å². The first-order valence-electron chi connectivity index (χ1n) is 6.22. The van der Waals surface area contributed by atoms with Gasteiger partial charge < -0.3 is 16.0 Å². The van der Waals surface area contributed by atoms with Crippen LogP contribution in [-0.2, 0) is 4.79 Å². The molecular weight excluding hydrogens is 247 g/mol. The molecule has 1 saturated heterocycles. The van der Waals surface area contributed by atoms with E-state index in [1.54, 1.807) is 0 Å². The smallest absolute Gasteiger partial charge is 0.335 e. The molecule has 3 N–H and O–H groups in total. The van der Waals surface area contributed by atoms with Gasteiger partial charge in [0.05, 0.1) is 0 Å². The van der Waals surface area contributed by atoms with Crippen LogP contribution in [0.5, 0.6) is 0 Å². The van der Waals surface area contributed by atoms with Gasteiger partial charge in [-0.05, 0) is 31.7 Å². The lowest BCUT2D eigenvalue weighted by Crippen LogP contribution is -2.41. The van der Waals surface area contributed by atoms with Crippen LogP contribution in [0, 0.1) is 5.92 Å². The summed E-state index contributed by atoms with van der Waals surface area (Å²) >= 11 is 0. The van der Waals surface area contributed by atoms with Gasteiger partial charge in [-0.15, -0.1) is 0 Å². The van der Waals surface area contributed by atoms with Crippen LogP contribution in [-0.4, -0.2) is 49.7 Å².